The Hall–Kier alpha value is -1.52. The average Bonchev–Trinajstić information content (AvgIpc) is 2.90. The Labute approximate surface area is 130 Å². The van der Waals surface area contributed by atoms with Gasteiger partial charge in [0.15, 0.2) is 0 Å². The zero-order valence-electron chi connectivity index (χ0n) is 10.5. The zero-order valence-corrected chi connectivity index (χ0v) is 12.8. The maximum absolute atomic E-state index is 12.2. The van der Waals surface area contributed by atoms with Crippen molar-refractivity contribution in [3.8, 4) is 5.75 Å². The number of nitrogens with one attached hydrogen (secondary N) is 1. The fourth-order valence-corrected chi connectivity index (χ4v) is 2.60. The van der Waals surface area contributed by atoms with Crippen LogP contribution in [0, 0.1) is 0 Å². The minimum absolute atomic E-state index is 0.145. The molecule has 0 saturated carbocycles. The van der Waals surface area contributed by atoms with Crippen LogP contribution in [0.5, 0.6) is 5.75 Å². The number of fused-ring (bicyclic) bond motifs is 1. The van der Waals surface area contributed by atoms with Gasteiger partial charge in [0, 0.05) is 22.1 Å². The van der Waals surface area contributed by atoms with E-state index in [0.717, 1.165) is 22.2 Å². The Morgan fingerprint density at radius 1 is 1.25 bits per heavy atom. The molecule has 0 bridgehead atoms. The van der Waals surface area contributed by atoms with E-state index in [1.165, 1.54) is 0 Å². The van der Waals surface area contributed by atoms with Crippen LogP contribution < -0.4 is 10.1 Å². The summed E-state index contributed by atoms with van der Waals surface area (Å²) in [5.74, 6) is 0.727. The molecular weight excluding hydrogens is 342 g/mol. The number of hydrogen-bond acceptors (Lipinski definition) is 2. The van der Waals surface area contributed by atoms with Crippen molar-refractivity contribution in [3.63, 3.8) is 0 Å². The number of ether oxygens (including phenoxy) is 1. The fourth-order valence-electron chi connectivity index (χ4n) is 2.10. The van der Waals surface area contributed by atoms with Gasteiger partial charge in [0.05, 0.1) is 11.6 Å². The van der Waals surface area contributed by atoms with Crippen LogP contribution in [0.25, 0.3) is 0 Å². The summed E-state index contributed by atoms with van der Waals surface area (Å²) in [5.41, 5.74) is 2.40. The van der Waals surface area contributed by atoms with E-state index >= 15 is 0 Å². The fraction of sp³-hybridized carbons (Fsp3) is 0.133. The van der Waals surface area contributed by atoms with E-state index in [9.17, 15) is 4.79 Å². The molecule has 0 unspecified atom stereocenters. The number of halogens is 2. The van der Waals surface area contributed by atoms with Crippen LogP contribution in [-0.4, -0.2) is 12.5 Å². The van der Waals surface area contributed by atoms with E-state index in [2.05, 4.69) is 21.2 Å². The Kier molecular flexibility index (Phi) is 3.68. The van der Waals surface area contributed by atoms with Crippen molar-refractivity contribution in [1.82, 2.24) is 0 Å². The van der Waals surface area contributed by atoms with Gasteiger partial charge in [0.1, 0.15) is 5.75 Å². The lowest BCUT2D eigenvalue weighted by Crippen LogP contribution is -2.12. The van der Waals surface area contributed by atoms with Gasteiger partial charge in [-0.05, 0) is 57.9 Å². The topological polar surface area (TPSA) is 38.3 Å². The molecular formula is C15H11BrClNO2. The third-order valence-corrected chi connectivity index (χ3v) is 4.34. The quantitative estimate of drug-likeness (QED) is 0.875. The number of benzene rings is 2. The molecule has 2 aromatic rings. The first kappa shape index (κ1) is 13.5. The highest BCUT2D eigenvalue weighted by atomic mass is 79.9. The van der Waals surface area contributed by atoms with Gasteiger partial charge in [0.2, 0.25) is 0 Å². The first-order valence-electron chi connectivity index (χ1n) is 6.15. The molecule has 102 valence electrons. The van der Waals surface area contributed by atoms with Crippen LogP contribution in [0.2, 0.25) is 5.02 Å². The second-order valence-corrected chi connectivity index (χ2v) is 5.77. The second-order valence-electron chi connectivity index (χ2n) is 4.50. The second kappa shape index (κ2) is 5.46. The number of amides is 1. The Morgan fingerprint density at radius 2 is 2.10 bits per heavy atom. The summed E-state index contributed by atoms with van der Waals surface area (Å²) >= 11 is 9.26. The lowest BCUT2D eigenvalue weighted by Gasteiger charge is -2.07. The van der Waals surface area contributed by atoms with E-state index in [-0.39, 0.29) is 5.91 Å². The van der Waals surface area contributed by atoms with Gasteiger partial charge in [-0.15, -0.1) is 0 Å². The number of carbonyl (C=O) groups excluding carboxylic acids is 1. The lowest BCUT2D eigenvalue weighted by molar-refractivity contribution is 0.102. The molecule has 20 heavy (non-hydrogen) atoms. The van der Waals surface area contributed by atoms with E-state index in [0.29, 0.717) is 22.9 Å². The minimum atomic E-state index is -0.145. The number of rotatable bonds is 2. The highest BCUT2D eigenvalue weighted by Gasteiger charge is 2.15. The van der Waals surface area contributed by atoms with Crippen LogP contribution >= 0.6 is 27.5 Å². The summed E-state index contributed by atoms with van der Waals surface area (Å²) in [5, 5.41) is 3.46. The SMILES string of the molecule is O=C(Nc1ccc(Cl)c(Br)c1)c1ccc2c(c1)CCO2. The summed E-state index contributed by atoms with van der Waals surface area (Å²) in [6, 6.07) is 10.8. The molecule has 1 aliphatic heterocycles. The average molecular weight is 353 g/mol. The molecule has 0 atom stereocenters. The molecule has 0 saturated heterocycles. The molecule has 1 amide bonds. The van der Waals surface area contributed by atoms with Gasteiger partial charge in [0.25, 0.3) is 5.91 Å². The molecule has 0 spiro atoms. The molecule has 3 nitrogen and oxygen atoms in total. The largest absolute Gasteiger partial charge is 0.493 e. The van der Waals surface area contributed by atoms with Crippen LogP contribution in [0.4, 0.5) is 5.69 Å². The number of carbonyl (C=O) groups is 1. The van der Waals surface area contributed by atoms with Crippen LogP contribution in [0.15, 0.2) is 40.9 Å². The van der Waals surface area contributed by atoms with Gasteiger partial charge >= 0.3 is 0 Å². The van der Waals surface area contributed by atoms with Crippen molar-refractivity contribution >= 4 is 39.1 Å². The molecule has 0 fully saturated rings. The van der Waals surface area contributed by atoms with Crippen molar-refractivity contribution in [1.29, 1.82) is 0 Å². The van der Waals surface area contributed by atoms with Crippen molar-refractivity contribution < 1.29 is 9.53 Å². The van der Waals surface area contributed by atoms with Crippen molar-refractivity contribution in [3.05, 3.63) is 57.0 Å². The van der Waals surface area contributed by atoms with Gasteiger partial charge in [-0.25, -0.2) is 0 Å². The maximum Gasteiger partial charge on any atom is 0.255 e. The third-order valence-electron chi connectivity index (χ3n) is 3.13. The predicted molar refractivity (Wildman–Crippen MR) is 82.7 cm³/mol. The van der Waals surface area contributed by atoms with E-state index in [1.54, 1.807) is 24.3 Å². The molecule has 1 aliphatic rings. The normalized spacial score (nSPS) is 12.7. The van der Waals surface area contributed by atoms with Gasteiger partial charge < -0.3 is 10.1 Å². The minimum Gasteiger partial charge on any atom is -0.493 e. The van der Waals surface area contributed by atoms with E-state index < -0.39 is 0 Å². The van der Waals surface area contributed by atoms with E-state index in [1.807, 2.05) is 12.1 Å². The summed E-state index contributed by atoms with van der Waals surface area (Å²) in [7, 11) is 0. The smallest absolute Gasteiger partial charge is 0.255 e. The molecule has 0 aromatic heterocycles. The number of hydrogen-bond donors (Lipinski definition) is 1. The standard InChI is InChI=1S/C15H11BrClNO2/c16-12-8-11(2-3-13(12)17)18-15(19)10-1-4-14-9(7-10)5-6-20-14/h1-4,7-8H,5-6H2,(H,18,19). The van der Waals surface area contributed by atoms with Crippen molar-refractivity contribution in [2.75, 3.05) is 11.9 Å². The molecule has 5 heteroatoms. The first-order chi connectivity index (χ1) is 9.63. The van der Waals surface area contributed by atoms with Crippen LogP contribution in [-0.2, 0) is 6.42 Å². The van der Waals surface area contributed by atoms with Crippen molar-refractivity contribution in [2.24, 2.45) is 0 Å². The number of anilines is 1. The van der Waals surface area contributed by atoms with Gasteiger partial charge in [-0.2, -0.15) is 0 Å². The summed E-state index contributed by atoms with van der Waals surface area (Å²) in [6.07, 6.45) is 0.850. The Bertz CT molecular complexity index is 688. The van der Waals surface area contributed by atoms with Crippen LogP contribution in [0.1, 0.15) is 15.9 Å². The summed E-state index contributed by atoms with van der Waals surface area (Å²) in [4.78, 5) is 12.2. The monoisotopic (exact) mass is 351 g/mol. The molecule has 0 radical (unpaired) electrons. The third kappa shape index (κ3) is 2.67. The van der Waals surface area contributed by atoms with Crippen molar-refractivity contribution in [2.45, 2.75) is 6.42 Å². The summed E-state index contributed by atoms with van der Waals surface area (Å²) in [6.45, 7) is 0.685. The van der Waals surface area contributed by atoms with Gasteiger partial charge in [-0.1, -0.05) is 11.6 Å². The van der Waals surface area contributed by atoms with E-state index in [4.69, 9.17) is 16.3 Å². The Morgan fingerprint density at radius 3 is 2.90 bits per heavy atom. The highest BCUT2D eigenvalue weighted by molar-refractivity contribution is 9.10. The lowest BCUT2D eigenvalue weighted by atomic mass is 10.1. The molecule has 2 aromatic carbocycles. The highest BCUT2D eigenvalue weighted by Crippen LogP contribution is 2.28. The zero-order chi connectivity index (χ0) is 14.1. The molecule has 1 heterocycles. The van der Waals surface area contributed by atoms with Crippen LogP contribution in [0.3, 0.4) is 0 Å². The maximum atomic E-state index is 12.2. The molecule has 3 rings (SSSR count). The predicted octanol–water partition coefficient (Wildman–Crippen LogP) is 4.29. The molecule has 0 aliphatic carbocycles. The summed E-state index contributed by atoms with van der Waals surface area (Å²) < 4.78 is 6.18. The first-order valence-corrected chi connectivity index (χ1v) is 7.33. The Balaban J connectivity index is 1.80. The molecule has 1 N–H and O–H groups in total. The van der Waals surface area contributed by atoms with Gasteiger partial charge in [-0.3, -0.25) is 4.79 Å².